The second-order valence-corrected chi connectivity index (χ2v) is 5.97. The number of H-pyrrole nitrogens is 1. The maximum absolute atomic E-state index is 11.6. The summed E-state index contributed by atoms with van der Waals surface area (Å²) in [5.41, 5.74) is 1.71. The van der Waals surface area contributed by atoms with Gasteiger partial charge < -0.3 is 10.3 Å². The minimum Gasteiger partial charge on any atom is -0.354 e. The average Bonchev–Trinajstić information content (AvgIpc) is 3.16. The van der Waals surface area contributed by atoms with E-state index in [-0.39, 0.29) is 11.8 Å². The van der Waals surface area contributed by atoms with Crippen LogP contribution in [0.1, 0.15) is 12.8 Å². The van der Waals surface area contributed by atoms with Gasteiger partial charge >= 0.3 is 0 Å². The van der Waals surface area contributed by atoms with E-state index in [1.54, 1.807) is 6.20 Å². The van der Waals surface area contributed by atoms with E-state index in [2.05, 4.69) is 31.2 Å². The van der Waals surface area contributed by atoms with Crippen molar-refractivity contribution in [3.8, 4) is 0 Å². The number of aromatic amines is 1. The molecule has 0 atom stereocenters. The van der Waals surface area contributed by atoms with E-state index in [0.717, 1.165) is 28.5 Å². The number of amides is 1. The highest BCUT2D eigenvalue weighted by molar-refractivity contribution is 9.10. The molecule has 2 aromatic rings. The second kappa shape index (κ2) is 5.05. The van der Waals surface area contributed by atoms with Crippen molar-refractivity contribution in [1.29, 1.82) is 0 Å². The molecule has 1 fully saturated rings. The van der Waals surface area contributed by atoms with Gasteiger partial charge in [-0.2, -0.15) is 0 Å². The molecular weight excluding hydrogens is 328 g/mol. The van der Waals surface area contributed by atoms with Gasteiger partial charge in [0.1, 0.15) is 0 Å². The number of halogens is 1. The molecule has 19 heavy (non-hydrogen) atoms. The zero-order valence-electron chi connectivity index (χ0n) is 10.1. The molecule has 3 rings (SSSR count). The molecule has 0 radical (unpaired) electrons. The molecule has 2 aromatic heterocycles. The monoisotopic (exact) mass is 340 g/mol. The lowest BCUT2D eigenvalue weighted by Gasteiger charge is -2.05. The summed E-state index contributed by atoms with van der Waals surface area (Å²) in [6.45, 7) is 1.21. The summed E-state index contributed by atoms with van der Waals surface area (Å²) in [5, 5.41) is 2.93. The number of pyridine rings is 1. The first-order valence-electron chi connectivity index (χ1n) is 6.17. The third-order valence-electron chi connectivity index (χ3n) is 3.16. The summed E-state index contributed by atoms with van der Waals surface area (Å²) in [6, 6.07) is 1.94. The number of rotatable bonds is 4. The molecule has 0 spiro atoms. The highest BCUT2D eigenvalue weighted by Gasteiger charge is 2.29. The van der Waals surface area contributed by atoms with Gasteiger partial charge in [0.25, 0.3) is 0 Å². The minimum atomic E-state index is 0.155. The molecule has 0 aliphatic heterocycles. The maximum atomic E-state index is 11.6. The Kier molecular flexibility index (Phi) is 3.40. The van der Waals surface area contributed by atoms with Crippen LogP contribution in [0.3, 0.4) is 0 Å². The largest absolute Gasteiger partial charge is 0.354 e. The summed E-state index contributed by atoms with van der Waals surface area (Å²) in [5.74, 6) is 0.395. The minimum absolute atomic E-state index is 0.155. The van der Waals surface area contributed by atoms with Crippen LogP contribution >= 0.6 is 28.1 Å². The Hall–Kier alpha value is -1.21. The standard InChI is InChI=1S/C12H13BrN4OS/c13-8-5-9-10(15-6-8)17(12(19)16-9)4-3-14-11(18)7-1-2-7/h5-7H,1-4H2,(H,14,18)(H,16,19). The van der Waals surface area contributed by atoms with Crippen LogP contribution < -0.4 is 5.32 Å². The lowest BCUT2D eigenvalue weighted by Crippen LogP contribution is -2.28. The van der Waals surface area contributed by atoms with Crippen LogP contribution in [0.4, 0.5) is 0 Å². The predicted molar refractivity (Wildman–Crippen MR) is 78.4 cm³/mol. The number of hydrogen-bond donors (Lipinski definition) is 2. The van der Waals surface area contributed by atoms with Gasteiger partial charge in [0.2, 0.25) is 5.91 Å². The van der Waals surface area contributed by atoms with Gasteiger partial charge in [-0.15, -0.1) is 0 Å². The van der Waals surface area contributed by atoms with Crippen molar-refractivity contribution in [2.24, 2.45) is 5.92 Å². The highest BCUT2D eigenvalue weighted by atomic mass is 79.9. The molecule has 5 nitrogen and oxygen atoms in total. The SMILES string of the molecule is O=C(NCCn1c(=S)[nH]c2cc(Br)cnc21)C1CC1. The Morgan fingerprint density at radius 1 is 1.63 bits per heavy atom. The lowest BCUT2D eigenvalue weighted by molar-refractivity contribution is -0.122. The Morgan fingerprint density at radius 2 is 2.42 bits per heavy atom. The van der Waals surface area contributed by atoms with Crippen molar-refractivity contribution in [1.82, 2.24) is 19.9 Å². The molecule has 0 unspecified atom stereocenters. The van der Waals surface area contributed by atoms with Crippen molar-refractivity contribution in [2.45, 2.75) is 19.4 Å². The van der Waals surface area contributed by atoms with E-state index in [0.29, 0.717) is 17.9 Å². The van der Waals surface area contributed by atoms with Gasteiger partial charge in [0.05, 0.1) is 5.52 Å². The Bertz CT molecular complexity index is 689. The quantitative estimate of drug-likeness (QED) is 0.840. The van der Waals surface area contributed by atoms with Crippen LogP contribution in [0.2, 0.25) is 0 Å². The molecule has 100 valence electrons. The first-order valence-corrected chi connectivity index (χ1v) is 7.37. The van der Waals surface area contributed by atoms with Crippen molar-refractivity contribution >= 4 is 45.2 Å². The topological polar surface area (TPSA) is 62.7 Å². The molecule has 0 saturated heterocycles. The molecule has 1 aliphatic rings. The van der Waals surface area contributed by atoms with Crippen molar-refractivity contribution < 1.29 is 4.79 Å². The van der Waals surface area contributed by atoms with E-state index in [4.69, 9.17) is 12.2 Å². The van der Waals surface area contributed by atoms with Gasteiger partial charge in [-0.3, -0.25) is 9.36 Å². The fourth-order valence-corrected chi connectivity index (χ4v) is 2.63. The fourth-order valence-electron chi connectivity index (χ4n) is 2.01. The van der Waals surface area contributed by atoms with E-state index >= 15 is 0 Å². The van der Waals surface area contributed by atoms with Gasteiger partial charge in [-0.05, 0) is 47.1 Å². The molecule has 2 N–H and O–H groups in total. The van der Waals surface area contributed by atoms with Crippen LogP contribution in [-0.2, 0) is 11.3 Å². The summed E-state index contributed by atoms with van der Waals surface area (Å²) >= 11 is 8.66. The van der Waals surface area contributed by atoms with E-state index in [1.807, 2.05) is 10.6 Å². The normalized spacial score (nSPS) is 14.8. The molecule has 1 saturated carbocycles. The average molecular weight is 341 g/mol. The van der Waals surface area contributed by atoms with Crippen LogP contribution in [0.25, 0.3) is 11.2 Å². The van der Waals surface area contributed by atoms with Crippen LogP contribution in [0.5, 0.6) is 0 Å². The number of imidazole rings is 1. The molecule has 0 bridgehead atoms. The number of carbonyl (C=O) groups is 1. The summed E-state index contributed by atoms with van der Waals surface area (Å²) in [7, 11) is 0. The van der Waals surface area contributed by atoms with E-state index in [1.165, 1.54) is 0 Å². The summed E-state index contributed by atoms with van der Waals surface area (Å²) in [6.07, 6.45) is 3.78. The molecule has 1 amide bonds. The van der Waals surface area contributed by atoms with Gasteiger partial charge in [-0.1, -0.05) is 0 Å². The predicted octanol–water partition coefficient (Wildman–Crippen LogP) is 2.38. The Labute approximate surface area is 123 Å². The van der Waals surface area contributed by atoms with Crippen LogP contribution in [-0.4, -0.2) is 27.0 Å². The number of nitrogens with zero attached hydrogens (tertiary/aromatic N) is 2. The molecule has 7 heteroatoms. The maximum Gasteiger partial charge on any atom is 0.223 e. The first kappa shape index (κ1) is 12.8. The van der Waals surface area contributed by atoms with E-state index in [9.17, 15) is 4.79 Å². The number of aromatic nitrogens is 3. The zero-order chi connectivity index (χ0) is 13.4. The number of hydrogen-bond acceptors (Lipinski definition) is 3. The molecular formula is C12H13BrN4OS. The Balaban J connectivity index is 1.74. The van der Waals surface area contributed by atoms with Crippen molar-refractivity contribution in [2.75, 3.05) is 6.54 Å². The molecule has 0 aromatic carbocycles. The van der Waals surface area contributed by atoms with Crippen molar-refractivity contribution in [3.63, 3.8) is 0 Å². The highest BCUT2D eigenvalue weighted by Crippen LogP contribution is 2.28. The number of nitrogens with one attached hydrogen (secondary N) is 2. The molecule has 2 heterocycles. The van der Waals surface area contributed by atoms with Crippen LogP contribution in [0, 0.1) is 10.7 Å². The Morgan fingerprint density at radius 3 is 3.16 bits per heavy atom. The van der Waals surface area contributed by atoms with Gasteiger partial charge in [0.15, 0.2) is 10.4 Å². The number of carbonyl (C=O) groups excluding carboxylic acids is 1. The number of fused-ring (bicyclic) bond motifs is 1. The fraction of sp³-hybridized carbons (Fsp3) is 0.417. The zero-order valence-corrected chi connectivity index (χ0v) is 12.6. The van der Waals surface area contributed by atoms with Gasteiger partial charge in [0, 0.05) is 29.7 Å². The third-order valence-corrected chi connectivity index (χ3v) is 3.91. The first-order chi connectivity index (χ1) is 9.15. The van der Waals surface area contributed by atoms with Gasteiger partial charge in [-0.25, -0.2) is 4.98 Å². The smallest absolute Gasteiger partial charge is 0.223 e. The second-order valence-electron chi connectivity index (χ2n) is 4.67. The summed E-state index contributed by atoms with van der Waals surface area (Å²) in [4.78, 5) is 19.0. The third kappa shape index (κ3) is 2.71. The molecule has 1 aliphatic carbocycles. The van der Waals surface area contributed by atoms with Crippen LogP contribution in [0.15, 0.2) is 16.7 Å². The lowest BCUT2D eigenvalue weighted by atomic mass is 10.4. The van der Waals surface area contributed by atoms with Crippen molar-refractivity contribution in [3.05, 3.63) is 21.5 Å². The van der Waals surface area contributed by atoms with E-state index < -0.39 is 0 Å². The summed E-state index contributed by atoms with van der Waals surface area (Å²) < 4.78 is 3.44.